The summed E-state index contributed by atoms with van der Waals surface area (Å²) in [5.74, 6) is 2.81. The maximum atomic E-state index is 5.34. The van der Waals surface area contributed by atoms with Gasteiger partial charge in [0.15, 0.2) is 11.5 Å². The highest BCUT2D eigenvalue weighted by molar-refractivity contribution is 5.57. The molecule has 0 amide bonds. The Bertz CT molecular complexity index is 899. The van der Waals surface area contributed by atoms with Crippen molar-refractivity contribution in [2.45, 2.75) is 13.3 Å². The lowest BCUT2D eigenvalue weighted by molar-refractivity contribution is 0.354. The normalized spacial score (nSPS) is 10.3. The summed E-state index contributed by atoms with van der Waals surface area (Å²) >= 11 is 0. The van der Waals surface area contributed by atoms with Crippen molar-refractivity contribution in [1.82, 2.24) is 9.97 Å². The molecule has 2 N–H and O–H groups in total. The van der Waals surface area contributed by atoms with Crippen molar-refractivity contribution in [3.63, 3.8) is 0 Å². The molecule has 1 aromatic heterocycles. The highest BCUT2D eigenvalue weighted by Gasteiger charge is 2.05. The Morgan fingerprint density at radius 2 is 1.81 bits per heavy atom. The number of hydrogen-bond donors (Lipinski definition) is 2. The predicted molar refractivity (Wildman–Crippen MR) is 108 cm³/mol. The van der Waals surface area contributed by atoms with Crippen LogP contribution in [0.4, 0.5) is 17.5 Å². The van der Waals surface area contributed by atoms with Gasteiger partial charge in [0.1, 0.15) is 5.82 Å². The van der Waals surface area contributed by atoms with Crippen LogP contribution in [0.15, 0.2) is 54.7 Å². The first kappa shape index (κ1) is 18.5. The topological polar surface area (TPSA) is 68.3 Å². The van der Waals surface area contributed by atoms with E-state index in [0.29, 0.717) is 12.5 Å². The molecule has 0 saturated carbocycles. The van der Waals surface area contributed by atoms with Crippen LogP contribution in [-0.2, 0) is 6.42 Å². The monoisotopic (exact) mass is 364 g/mol. The van der Waals surface area contributed by atoms with E-state index in [1.807, 2.05) is 36.4 Å². The van der Waals surface area contributed by atoms with E-state index in [0.717, 1.165) is 35.0 Å². The van der Waals surface area contributed by atoms with Crippen molar-refractivity contribution in [2.24, 2.45) is 0 Å². The second kappa shape index (κ2) is 8.89. The predicted octanol–water partition coefficient (Wildman–Crippen LogP) is 4.20. The summed E-state index contributed by atoms with van der Waals surface area (Å²) in [5.41, 5.74) is 3.35. The van der Waals surface area contributed by atoms with Crippen molar-refractivity contribution in [2.75, 3.05) is 31.4 Å². The van der Waals surface area contributed by atoms with Crippen molar-refractivity contribution < 1.29 is 9.47 Å². The molecule has 0 atom stereocenters. The number of rotatable bonds is 8. The average molecular weight is 364 g/mol. The number of ether oxygens (including phenoxy) is 2. The largest absolute Gasteiger partial charge is 0.493 e. The molecule has 0 bridgehead atoms. The summed E-state index contributed by atoms with van der Waals surface area (Å²) in [6.45, 7) is 2.77. The summed E-state index contributed by atoms with van der Waals surface area (Å²) in [4.78, 5) is 8.80. The van der Waals surface area contributed by atoms with E-state index in [2.05, 4.69) is 39.7 Å². The van der Waals surface area contributed by atoms with Gasteiger partial charge in [-0.3, -0.25) is 0 Å². The first-order chi connectivity index (χ1) is 13.2. The van der Waals surface area contributed by atoms with E-state index in [-0.39, 0.29) is 0 Å². The Morgan fingerprint density at radius 3 is 2.59 bits per heavy atom. The Labute approximate surface area is 159 Å². The highest BCUT2D eigenvalue weighted by atomic mass is 16.5. The first-order valence-corrected chi connectivity index (χ1v) is 8.79. The van der Waals surface area contributed by atoms with Crippen LogP contribution in [0.25, 0.3) is 0 Å². The van der Waals surface area contributed by atoms with Crippen LogP contribution in [0.2, 0.25) is 0 Å². The molecule has 0 radical (unpaired) electrons. The molecule has 0 aliphatic carbocycles. The lowest BCUT2D eigenvalue weighted by atomic mass is 10.1. The van der Waals surface area contributed by atoms with Gasteiger partial charge in [0, 0.05) is 18.4 Å². The third-order valence-electron chi connectivity index (χ3n) is 4.09. The molecule has 27 heavy (non-hydrogen) atoms. The number of benzene rings is 2. The second-order valence-electron chi connectivity index (χ2n) is 6.13. The van der Waals surface area contributed by atoms with E-state index < -0.39 is 0 Å². The molecule has 0 spiro atoms. The number of hydrogen-bond acceptors (Lipinski definition) is 6. The van der Waals surface area contributed by atoms with Gasteiger partial charge >= 0.3 is 0 Å². The van der Waals surface area contributed by atoms with E-state index in [1.54, 1.807) is 20.4 Å². The van der Waals surface area contributed by atoms with Gasteiger partial charge < -0.3 is 20.1 Å². The van der Waals surface area contributed by atoms with Gasteiger partial charge in [0.05, 0.1) is 14.2 Å². The summed E-state index contributed by atoms with van der Waals surface area (Å²) in [6.07, 6.45) is 2.56. The Hall–Kier alpha value is -3.28. The molecule has 6 nitrogen and oxygen atoms in total. The van der Waals surface area contributed by atoms with E-state index >= 15 is 0 Å². The summed E-state index contributed by atoms with van der Waals surface area (Å²) < 4.78 is 10.6. The number of nitrogens with zero attached hydrogens (tertiary/aromatic N) is 2. The van der Waals surface area contributed by atoms with Crippen molar-refractivity contribution in [1.29, 1.82) is 0 Å². The zero-order valence-electron chi connectivity index (χ0n) is 15.8. The van der Waals surface area contributed by atoms with Crippen LogP contribution < -0.4 is 20.1 Å². The van der Waals surface area contributed by atoms with E-state index in [4.69, 9.17) is 9.47 Å². The lowest BCUT2D eigenvalue weighted by Gasteiger charge is -2.11. The molecule has 0 fully saturated rings. The fourth-order valence-electron chi connectivity index (χ4n) is 2.74. The second-order valence-corrected chi connectivity index (χ2v) is 6.13. The third kappa shape index (κ3) is 5.10. The van der Waals surface area contributed by atoms with Gasteiger partial charge in [0.25, 0.3) is 0 Å². The molecule has 1 heterocycles. The standard InChI is InChI=1S/C21H24N4O2/c1-15-5-4-6-17(13-15)24-20-10-12-23-21(25-20)22-11-9-16-7-8-18(26-2)19(14-16)27-3/h4-8,10,12-14H,9,11H2,1-3H3,(H2,22,23,24,25). The van der Waals surface area contributed by atoms with Crippen LogP contribution >= 0.6 is 0 Å². The number of aromatic nitrogens is 2. The number of aryl methyl sites for hydroxylation is 1. The van der Waals surface area contributed by atoms with Crippen LogP contribution in [0, 0.1) is 6.92 Å². The maximum absolute atomic E-state index is 5.34. The van der Waals surface area contributed by atoms with Gasteiger partial charge in [-0.25, -0.2) is 4.98 Å². The summed E-state index contributed by atoms with van der Waals surface area (Å²) in [6, 6.07) is 15.9. The molecule has 0 aliphatic heterocycles. The Morgan fingerprint density at radius 1 is 0.963 bits per heavy atom. The number of nitrogens with one attached hydrogen (secondary N) is 2. The fourth-order valence-corrected chi connectivity index (χ4v) is 2.74. The Kier molecular flexibility index (Phi) is 6.10. The minimum absolute atomic E-state index is 0.591. The summed E-state index contributed by atoms with van der Waals surface area (Å²) in [7, 11) is 3.27. The van der Waals surface area contributed by atoms with Gasteiger partial charge in [-0.15, -0.1) is 0 Å². The van der Waals surface area contributed by atoms with Gasteiger partial charge in [-0.1, -0.05) is 18.2 Å². The van der Waals surface area contributed by atoms with E-state index in [1.165, 1.54) is 5.56 Å². The molecular weight excluding hydrogens is 340 g/mol. The first-order valence-electron chi connectivity index (χ1n) is 8.79. The maximum Gasteiger partial charge on any atom is 0.224 e. The fraction of sp³-hybridized carbons (Fsp3) is 0.238. The van der Waals surface area contributed by atoms with Gasteiger partial charge in [-0.05, 0) is 54.8 Å². The zero-order valence-corrected chi connectivity index (χ0v) is 15.8. The molecule has 0 saturated heterocycles. The van der Waals surface area contributed by atoms with Crippen molar-refractivity contribution >= 4 is 17.5 Å². The van der Waals surface area contributed by atoms with Gasteiger partial charge in [0.2, 0.25) is 5.95 Å². The SMILES string of the molecule is COc1ccc(CCNc2nccc(Nc3cccc(C)c3)n2)cc1OC. The molecule has 0 aliphatic rings. The molecule has 2 aromatic carbocycles. The minimum Gasteiger partial charge on any atom is -0.493 e. The molecule has 140 valence electrons. The molecule has 3 rings (SSSR count). The van der Waals surface area contributed by atoms with Crippen LogP contribution in [0.3, 0.4) is 0 Å². The summed E-state index contributed by atoms with van der Waals surface area (Å²) in [5, 5.41) is 6.56. The molecule has 6 heteroatoms. The van der Waals surface area contributed by atoms with Crippen molar-refractivity contribution in [3.8, 4) is 11.5 Å². The Balaban J connectivity index is 1.58. The van der Waals surface area contributed by atoms with Crippen LogP contribution in [0.1, 0.15) is 11.1 Å². The highest BCUT2D eigenvalue weighted by Crippen LogP contribution is 2.27. The van der Waals surface area contributed by atoms with Crippen LogP contribution in [-0.4, -0.2) is 30.7 Å². The number of methoxy groups -OCH3 is 2. The number of anilines is 3. The van der Waals surface area contributed by atoms with Gasteiger partial charge in [-0.2, -0.15) is 4.98 Å². The lowest BCUT2D eigenvalue weighted by Crippen LogP contribution is -2.09. The smallest absolute Gasteiger partial charge is 0.224 e. The molecule has 3 aromatic rings. The minimum atomic E-state index is 0.591. The quantitative estimate of drug-likeness (QED) is 0.624. The average Bonchev–Trinajstić information content (AvgIpc) is 2.68. The van der Waals surface area contributed by atoms with E-state index in [9.17, 15) is 0 Å². The third-order valence-corrected chi connectivity index (χ3v) is 4.09. The molecular formula is C21H24N4O2. The molecule has 0 unspecified atom stereocenters. The van der Waals surface area contributed by atoms with Crippen molar-refractivity contribution in [3.05, 3.63) is 65.9 Å². The van der Waals surface area contributed by atoms with Crippen LogP contribution in [0.5, 0.6) is 11.5 Å². The zero-order chi connectivity index (χ0) is 19.1.